The highest BCUT2D eigenvalue weighted by Gasteiger charge is 2.24. The number of piperidine rings is 1. The van der Waals surface area contributed by atoms with Crippen molar-refractivity contribution < 1.29 is 9.21 Å². The fourth-order valence-corrected chi connectivity index (χ4v) is 2.29. The molecule has 1 aromatic heterocycles. The van der Waals surface area contributed by atoms with E-state index in [-0.39, 0.29) is 11.9 Å². The molecule has 3 N–H and O–H groups in total. The molecule has 1 aliphatic heterocycles. The number of rotatable bonds is 3. The lowest BCUT2D eigenvalue weighted by atomic mass is 9.99. The summed E-state index contributed by atoms with van der Waals surface area (Å²) in [5.41, 5.74) is 5.45. The zero-order chi connectivity index (χ0) is 13.1. The first kappa shape index (κ1) is 13.1. The van der Waals surface area contributed by atoms with Gasteiger partial charge in [0, 0.05) is 18.6 Å². The number of likely N-dealkylation sites (tertiary alicyclic amines) is 1. The first-order chi connectivity index (χ1) is 8.60. The molecule has 5 nitrogen and oxygen atoms in total. The Labute approximate surface area is 107 Å². The summed E-state index contributed by atoms with van der Waals surface area (Å²) < 4.78 is 5.34. The van der Waals surface area contributed by atoms with Crippen LogP contribution in [0.1, 0.15) is 36.1 Å². The number of hydrogen-bond acceptors (Lipinski definition) is 4. The summed E-state index contributed by atoms with van der Waals surface area (Å²) in [6.45, 7) is 3.51. The van der Waals surface area contributed by atoms with E-state index >= 15 is 0 Å². The number of carbonyl (C=O) groups excluding carboxylic acids is 1. The van der Waals surface area contributed by atoms with Gasteiger partial charge in [0.25, 0.3) is 5.91 Å². The molecule has 0 bridgehead atoms. The molecule has 1 aliphatic rings. The van der Waals surface area contributed by atoms with E-state index in [4.69, 9.17) is 10.2 Å². The van der Waals surface area contributed by atoms with E-state index in [0.717, 1.165) is 19.4 Å². The predicted molar refractivity (Wildman–Crippen MR) is 69.2 cm³/mol. The molecule has 0 saturated carbocycles. The van der Waals surface area contributed by atoms with E-state index < -0.39 is 0 Å². The summed E-state index contributed by atoms with van der Waals surface area (Å²) in [6.07, 6.45) is 1.96. The predicted octanol–water partition coefficient (Wildman–Crippen LogP) is 0.951. The molecule has 1 aromatic rings. The minimum Gasteiger partial charge on any atom is -0.455 e. The van der Waals surface area contributed by atoms with Crippen LogP contribution in [-0.2, 0) is 6.54 Å². The quantitative estimate of drug-likeness (QED) is 0.839. The Morgan fingerprint density at radius 1 is 1.61 bits per heavy atom. The van der Waals surface area contributed by atoms with Crippen LogP contribution in [0.25, 0.3) is 0 Å². The summed E-state index contributed by atoms with van der Waals surface area (Å²) >= 11 is 0. The molecule has 0 radical (unpaired) electrons. The fraction of sp³-hybridized carbons (Fsp3) is 0.615. The Morgan fingerprint density at radius 3 is 3.00 bits per heavy atom. The van der Waals surface area contributed by atoms with Gasteiger partial charge in [-0.3, -0.25) is 4.79 Å². The van der Waals surface area contributed by atoms with Crippen molar-refractivity contribution in [3.05, 3.63) is 23.7 Å². The Morgan fingerprint density at radius 2 is 2.39 bits per heavy atom. The van der Waals surface area contributed by atoms with Crippen molar-refractivity contribution in [1.82, 2.24) is 10.2 Å². The number of nitrogens with two attached hydrogens (primary N) is 1. The van der Waals surface area contributed by atoms with Crippen LogP contribution in [0.15, 0.2) is 16.5 Å². The lowest BCUT2D eigenvalue weighted by molar-refractivity contribution is 0.0867. The van der Waals surface area contributed by atoms with Crippen molar-refractivity contribution in [2.75, 3.05) is 13.6 Å². The topological polar surface area (TPSA) is 71.5 Å². The average molecular weight is 251 g/mol. The Balaban J connectivity index is 1.91. The van der Waals surface area contributed by atoms with Crippen molar-refractivity contribution in [2.24, 2.45) is 5.73 Å². The summed E-state index contributed by atoms with van der Waals surface area (Å²) in [7, 11) is 2.11. The Kier molecular flexibility index (Phi) is 4.04. The molecule has 0 aromatic carbocycles. The first-order valence-corrected chi connectivity index (χ1v) is 6.40. The fourth-order valence-electron chi connectivity index (χ4n) is 2.29. The van der Waals surface area contributed by atoms with Crippen molar-refractivity contribution in [1.29, 1.82) is 0 Å². The van der Waals surface area contributed by atoms with Gasteiger partial charge in [-0.2, -0.15) is 0 Å². The Hall–Kier alpha value is -1.33. The number of hydrogen-bond donors (Lipinski definition) is 2. The second-order valence-corrected chi connectivity index (χ2v) is 4.99. The van der Waals surface area contributed by atoms with Crippen LogP contribution in [0.3, 0.4) is 0 Å². The number of amides is 1. The monoisotopic (exact) mass is 251 g/mol. The van der Waals surface area contributed by atoms with Gasteiger partial charge in [-0.05, 0) is 38.9 Å². The van der Waals surface area contributed by atoms with Gasteiger partial charge in [0.2, 0.25) is 0 Å². The molecule has 2 unspecified atom stereocenters. The summed E-state index contributed by atoms with van der Waals surface area (Å²) in [4.78, 5) is 14.3. The van der Waals surface area contributed by atoms with Gasteiger partial charge in [-0.25, -0.2) is 0 Å². The molecule has 5 heteroatoms. The van der Waals surface area contributed by atoms with Crippen LogP contribution in [0.4, 0.5) is 0 Å². The third-order valence-corrected chi connectivity index (χ3v) is 3.63. The lowest BCUT2D eigenvalue weighted by Gasteiger charge is -2.35. The van der Waals surface area contributed by atoms with Crippen LogP contribution in [0, 0.1) is 0 Å². The van der Waals surface area contributed by atoms with E-state index in [1.165, 1.54) is 0 Å². The van der Waals surface area contributed by atoms with Gasteiger partial charge in [0.15, 0.2) is 5.76 Å². The van der Waals surface area contributed by atoms with Crippen LogP contribution >= 0.6 is 0 Å². The number of nitrogens with zero attached hydrogens (tertiary/aromatic N) is 1. The van der Waals surface area contributed by atoms with Gasteiger partial charge in [0.05, 0.1) is 6.54 Å². The molecule has 2 atom stereocenters. The van der Waals surface area contributed by atoms with Crippen LogP contribution in [-0.4, -0.2) is 36.5 Å². The summed E-state index contributed by atoms with van der Waals surface area (Å²) in [5, 5.41) is 3.02. The van der Waals surface area contributed by atoms with Crippen molar-refractivity contribution in [2.45, 2.75) is 38.4 Å². The molecule has 1 fully saturated rings. The molecule has 1 saturated heterocycles. The third kappa shape index (κ3) is 2.91. The minimum absolute atomic E-state index is 0.142. The van der Waals surface area contributed by atoms with Crippen molar-refractivity contribution in [3.63, 3.8) is 0 Å². The molecule has 1 amide bonds. The first-order valence-electron chi connectivity index (χ1n) is 6.40. The largest absolute Gasteiger partial charge is 0.455 e. The second kappa shape index (κ2) is 5.54. The summed E-state index contributed by atoms with van der Waals surface area (Å²) in [5.74, 6) is 0.843. The van der Waals surface area contributed by atoms with Gasteiger partial charge in [-0.15, -0.1) is 0 Å². The van der Waals surface area contributed by atoms with Crippen LogP contribution in [0.5, 0.6) is 0 Å². The molecule has 0 aliphatic carbocycles. The second-order valence-electron chi connectivity index (χ2n) is 4.99. The molecule has 2 rings (SSSR count). The van der Waals surface area contributed by atoms with Gasteiger partial charge in [0.1, 0.15) is 5.76 Å². The normalized spacial score (nSPS) is 25.1. The Bertz CT molecular complexity index is 416. The number of furan rings is 1. The van der Waals surface area contributed by atoms with Crippen LogP contribution in [0.2, 0.25) is 0 Å². The average Bonchev–Trinajstić information content (AvgIpc) is 2.82. The molecule has 0 spiro atoms. The smallest absolute Gasteiger partial charge is 0.287 e. The molecule has 18 heavy (non-hydrogen) atoms. The maximum atomic E-state index is 12.0. The molecule has 2 heterocycles. The number of nitrogens with one attached hydrogen (secondary N) is 1. The third-order valence-electron chi connectivity index (χ3n) is 3.63. The maximum absolute atomic E-state index is 12.0. The highest BCUT2D eigenvalue weighted by Crippen LogP contribution is 2.16. The van der Waals surface area contributed by atoms with E-state index in [1.54, 1.807) is 12.1 Å². The molecular formula is C13H21N3O2. The zero-order valence-corrected chi connectivity index (χ0v) is 11.0. The highest BCUT2D eigenvalue weighted by molar-refractivity contribution is 5.91. The highest BCUT2D eigenvalue weighted by atomic mass is 16.4. The van der Waals surface area contributed by atoms with Gasteiger partial charge < -0.3 is 20.4 Å². The standard InChI is InChI=1S/C13H21N3O2/c1-9-7-10(5-6-16(9)2)15-13(17)12-4-3-11(8-14)18-12/h3-4,9-10H,5-8,14H2,1-2H3,(H,15,17). The van der Waals surface area contributed by atoms with Crippen LogP contribution < -0.4 is 11.1 Å². The van der Waals surface area contributed by atoms with Crippen molar-refractivity contribution in [3.8, 4) is 0 Å². The van der Waals surface area contributed by atoms with E-state index in [1.807, 2.05) is 0 Å². The zero-order valence-electron chi connectivity index (χ0n) is 11.0. The summed E-state index contributed by atoms with van der Waals surface area (Å²) in [6, 6.07) is 4.15. The van der Waals surface area contributed by atoms with Crippen molar-refractivity contribution >= 4 is 5.91 Å². The van der Waals surface area contributed by atoms with Gasteiger partial charge in [-0.1, -0.05) is 0 Å². The lowest BCUT2D eigenvalue weighted by Crippen LogP contribution is -2.47. The SMILES string of the molecule is CC1CC(NC(=O)c2ccc(CN)o2)CCN1C. The maximum Gasteiger partial charge on any atom is 0.287 e. The number of carbonyl (C=O) groups is 1. The minimum atomic E-state index is -0.142. The van der Waals surface area contributed by atoms with E-state index in [0.29, 0.717) is 24.1 Å². The molecular weight excluding hydrogens is 230 g/mol. The van der Waals surface area contributed by atoms with Gasteiger partial charge >= 0.3 is 0 Å². The molecule has 100 valence electrons. The van der Waals surface area contributed by atoms with E-state index in [2.05, 4.69) is 24.2 Å². The van der Waals surface area contributed by atoms with E-state index in [9.17, 15) is 4.79 Å².